The topological polar surface area (TPSA) is 91.8 Å². The van der Waals surface area contributed by atoms with Crippen LogP contribution in [-0.4, -0.2) is 36.8 Å². The molecule has 19 heavy (non-hydrogen) atoms. The predicted octanol–water partition coefficient (Wildman–Crippen LogP) is 1.59. The van der Waals surface area contributed by atoms with E-state index in [0.717, 1.165) is 6.42 Å². The van der Waals surface area contributed by atoms with E-state index >= 15 is 0 Å². The fourth-order valence-corrected chi connectivity index (χ4v) is 1.03. The molecule has 3 N–H and O–H groups in total. The number of hydrogen-bond acceptors (Lipinski definition) is 3. The van der Waals surface area contributed by atoms with Crippen molar-refractivity contribution in [2.75, 3.05) is 7.11 Å². The lowest BCUT2D eigenvalue weighted by atomic mass is 10.1. The molecular formula is C12H24N4O3. The van der Waals surface area contributed by atoms with Gasteiger partial charge in [0.15, 0.2) is 0 Å². The van der Waals surface area contributed by atoms with E-state index in [-0.39, 0.29) is 17.6 Å². The van der Waals surface area contributed by atoms with Crippen LogP contribution < -0.4 is 16.0 Å². The van der Waals surface area contributed by atoms with E-state index < -0.39 is 12.1 Å². The highest BCUT2D eigenvalue weighted by Gasteiger charge is 2.16. The lowest BCUT2D eigenvalue weighted by molar-refractivity contribution is 0.233. The number of amides is 4. The Morgan fingerprint density at radius 1 is 1.32 bits per heavy atom. The summed E-state index contributed by atoms with van der Waals surface area (Å²) in [5, 5.41) is 7.67. The summed E-state index contributed by atoms with van der Waals surface area (Å²) in [7, 11) is 1.33. The normalized spacial score (nSPS) is 13.5. The molecule has 0 aliphatic carbocycles. The van der Waals surface area contributed by atoms with Crippen molar-refractivity contribution in [2.45, 2.75) is 52.6 Å². The maximum absolute atomic E-state index is 11.6. The number of aliphatic imine (C=N–C) groups is 1. The van der Waals surface area contributed by atoms with Gasteiger partial charge in [0.1, 0.15) is 0 Å². The molecule has 0 saturated carbocycles. The molecule has 0 aromatic rings. The van der Waals surface area contributed by atoms with Gasteiger partial charge in [-0.05, 0) is 34.1 Å². The van der Waals surface area contributed by atoms with Gasteiger partial charge in [0.2, 0.25) is 0 Å². The zero-order valence-electron chi connectivity index (χ0n) is 12.5. The third-order valence-corrected chi connectivity index (χ3v) is 2.09. The fourth-order valence-electron chi connectivity index (χ4n) is 1.03. The monoisotopic (exact) mass is 272 g/mol. The Morgan fingerprint density at radius 2 is 1.89 bits per heavy atom. The maximum atomic E-state index is 11.6. The molecule has 0 spiro atoms. The Balaban J connectivity index is 4.49. The number of ether oxygens (including phenoxy) is 1. The summed E-state index contributed by atoms with van der Waals surface area (Å²) in [6.45, 7) is 9.32. The molecule has 0 saturated heterocycles. The minimum Gasteiger partial charge on any atom is -0.468 e. The SMILES string of the molecule is CCC(C)NC(=O)N=C(NC(=O)NC(C)(C)C)OC. The Morgan fingerprint density at radius 3 is 2.32 bits per heavy atom. The average molecular weight is 272 g/mol. The van der Waals surface area contributed by atoms with E-state index in [1.807, 2.05) is 34.6 Å². The lowest BCUT2D eigenvalue weighted by Crippen LogP contribution is -2.49. The number of carbonyl (C=O) groups excluding carboxylic acids is 2. The Kier molecular flexibility index (Phi) is 6.89. The molecule has 4 amide bonds. The molecule has 7 heteroatoms. The molecule has 0 rings (SSSR count). The van der Waals surface area contributed by atoms with E-state index in [1.165, 1.54) is 7.11 Å². The first-order valence-corrected chi connectivity index (χ1v) is 6.20. The summed E-state index contributed by atoms with van der Waals surface area (Å²) in [6, 6.07) is -1.17. The second kappa shape index (κ2) is 7.60. The predicted molar refractivity (Wildman–Crippen MR) is 74.1 cm³/mol. The summed E-state index contributed by atoms with van der Waals surface area (Å²) < 4.78 is 4.84. The second-order valence-electron chi connectivity index (χ2n) is 5.21. The summed E-state index contributed by atoms with van der Waals surface area (Å²) in [6.07, 6.45) is 0.793. The van der Waals surface area contributed by atoms with Gasteiger partial charge >= 0.3 is 18.1 Å². The first kappa shape index (κ1) is 17.2. The summed E-state index contributed by atoms with van der Waals surface area (Å²) in [5.41, 5.74) is -0.387. The van der Waals surface area contributed by atoms with E-state index in [9.17, 15) is 9.59 Å². The Hall–Kier alpha value is -1.79. The van der Waals surface area contributed by atoms with E-state index in [0.29, 0.717) is 0 Å². The molecule has 1 atom stereocenters. The van der Waals surface area contributed by atoms with Crippen LogP contribution in [0.15, 0.2) is 4.99 Å². The zero-order valence-corrected chi connectivity index (χ0v) is 12.5. The van der Waals surface area contributed by atoms with Gasteiger partial charge in [-0.2, -0.15) is 0 Å². The molecule has 0 aliphatic rings. The standard InChI is InChI=1S/C12H24N4O3/c1-7-8(2)13-9(17)14-11(19-6)15-10(18)16-12(3,4)5/h8H,7H2,1-6H3,(H3,13,14,15,16,17,18). The number of nitrogens with zero attached hydrogens (tertiary/aromatic N) is 1. The highest BCUT2D eigenvalue weighted by atomic mass is 16.5. The van der Waals surface area contributed by atoms with Crippen LogP contribution in [-0.2, 0) is 4.74 Å². The van der Waals surface area contributed by atoms with Gasteiger partial charge < -0.3 is 15.4 Å². The number of methoxy groups -OCH3 is 1. The Labute approximate surface area is 114 Å². The minimum atomic E-state index is -0.553. The summed E-state index contributed by atoms with van der Waals surface area (Å²) >= 11 is 0. The van der Waals surface area contributed by atoms with Crippen LogP contribution >= 0.6 is 0 Å². The molecule has 0 aromatic carbocycles. The van der Waals surface area contributed by atoms with Gasteiger partial charge in [-0.25, -0.2) is 9.59 Å². The third kappa shape index (κ3) is 8.87. The van der Waals surface area contributed by atoms with Crippen molar-refractivity contribution in [2.24, 2.45) is 4.99 Å². The number of nitrogens with one attached hydrogen (secondary N) is 3. The number of urea groups is 2. The molecule has 0 heterocycles. The van der Waals surface area contributed by atoms with Gasteiger partial charge in [-0.15, -0.1) is 4.99 Å². The first-order valence-electron chi connectivity index (χ1n) is 6.20. The van der Waals surface area contributed by atoms with Crippen LogP contribution in [0.25, 0.3) is 0 Å². The van der Waals surface area contributed by atoms with Crippen molar-refractivity contribution in [3.8, 4) is 0 Å². The molecular weight excluding hydrogens is 248 g/mol. The fraction of sp³-hybridized carbons (Fsp3) is 0.750. The summed E-state index contributed by atoms with van der Waals surface area (Å²) in [5.74, 6) is 0. The first-order chi connectivity index (χ1) is 8.67. The van der Waals surface area contributed by atoms with Crippen molar-refractivity contribution >= 4 is 18.1 Å². The van der Waals surface area contributed by atoms with E-state index in [2.05, 4.69) is 20.9 Å². The number of amidine groups is 1. The largest absolute Gasteiger partial charge is 0.468 e. The molecule has 0 fully saturated rings. The van der Waals surface area contributed by atoms with Crippen molar-refractivity contribution in [1.29, 1.82) is 0 Å². The number of hydrogen-bond donors (Lipinski definition) is 3. The quantitative estimate of drug-likeness (QED) is 0.526. The van der Waals surface area contributed by atoms with Crippen LogP contribution in [0.1, 0.15) is 41.0 Å². The van der Waals surface area contributed by atoms with Crippen LogP contribution in [0.3, 0.4) is 0 Å². The second-order valence-corrected chi connectivity index (χ2v) is 5.21. The molecule has 0 aliphatic heterocycles. The van der Waals surface area contributed by atoms with E-state index in [4.69, 9.17) is 4.74 Å². The van der Waals surface area contributed by atoms with Crippen LogP contribution in [0.5, 0.6) is 0 Å². The molecule has 0 radical (unpaired) electrons. The highest BCUT2D eigenvalue weighted by molar-refractivity contribution is 5.98. The van der Waals surface area contributed by atoms with Crippen LogP contribution in [0.4, 0.5) is 9.59 Å². The average Bonchev–Trinajstić information content (AvgIpc) is 2.25. The maximum Gasteiger partial charge on any atom is 0.345 e. The number of carbonyl (C=O) groups is 2. The minimum absolute atomic E-state index is 0.0118. The smallest absolute Gasteiger partial charge is 0.345 e. The lowest BCUT2D eigenvalue weighted by Gasteiger charge is -2.20. The van der Waals surface area contributed by atoms with Gasteiger partial charge in [0.25, 0.3) is 0 Å². The van der Waals surface area contributed by atoms with E-state index in [1.54, 1.807) is 0 Å². The van der Waals surface area contributed by atoms with Gasteiger partial charge in [-0.1, -0.05) is 6.92 Å². The molecule has 1 unspecified atom stereocenters. The molecule has 0 aromatic heterocycles. The van der Waals surface area contributed by atoms with Gasteiger partial charge in [0, 0.05) is 11.6 Å². The van der Waals surface area contributed by atoms with Gasteiger partial charge in [-0.3, -0.25) is 5.32 Å². The number of rotatable bonds is 2. The van der Waals surface area contributed by atoms with Crippen molar-refractivity contribution in [3.05, 3.63) is 0 Å². The third-order valence-electron chi connectivity index (χ3n) is 2.09. The zero-order chi connectivity index (χ0) is 15.1. The molecule has 7 nitrogen and oxygen atoms in total. The van der Waals surface area contributed by atoms with Crippen LogP contribution in [0.2, 0.25) is 0 Å². The van der Waals surface area contributed by atoms with Crippen molar-refractivity contribution in [3.63, 3.8) is 0 Å². The van der Waals surface area contributed by atoms with Crippen molar-refractivity contribution in [1.82, 2.24) is 16.0 Å². The molecule has 110 valence electrons. The Bertz CT molecular complexity index is 347. The highest BCUT2D eigenvalue weighted by Crippen LogP contribution is 1.97. The summed E-state index contributed by atoms with van der Waals surface area (Å²) in [4.78, 5) is 26.7. The van der Waals surface area contributed by atoms with Gasteiger partial charge in [0.05, 0.1) is 7.11 Å². The molecule has 0 bridgehead atoms. The van der Waals surface area contributed by atoms with Crippen molar-refractivity contribution < 1.29 is 14.3 Å². The van der Waals surface area contributed by atoms with Crippen LogP contribution in [0, 0.1) is 0 Å².